The molecule has 7 nitrogen and oxygen atoms in total. The van der Waals surface area contributed by atoms with E-state index in [-0.39, 0.29) is 25.0 Å². The van der Waals surface area contributed by atoms with Crippen LogP contribution in [0.3, 0.4) is 0 Å². The summed E-state index contributed by atoms with van der Waals surface area (Å²) in [5, 5.41) is 13.9. The molecule has 0 aliphatic carbocycles. The molecule has 2 amide bonds. The number of hydrogen-bond acceptors (Lipinski definition) is 4. The molecule has 3 N–H and O–H groups in total. The Kier molecular flexibility index (Phi) is 8.06. The monoisotopic (exact) mass is 261 g/mol. The third-order valence-electron chi connectivity index (χ3n) is 2.67. The van der Waals surface area contributed by atoms with Crippen molar-refractivity contribution >= 4 is 12.0 Å². The summed E-state index contributed by atoms with van der Waals surface area (Å²) in [6.07, 6.45) is -0.648. The van der Waals surface area contributed by atoms with E-state index in [1.165, 1.54) is 7.11 Å². The van der Waals surface area contributed by atoms with Crippen LogP contribution in [0.1, 0.15) is 13.3 Å². The minimum Gasteiger partial charge on any atom is -0.481 e. The number of nitrogens with zero attached hydrogens (tertiary/aromatic N) is 1. The largest absolute Gasteiger partial charge is 0.481 e. The zero-order chi connectivity index (χ0) is 14.1. The van der Waals surface area contributed by atoms with Crippen molar-refractivity contribution in [1.82, 2.24) is 15.5 Å². The first-order valence-electron chi connectivity index (χ1n) is 5.79. The summed E-state index contributed by atoms with van der Waals surface area (Å²) < 4.78 is 4.94. The molecule has 0 aromatic carbocycles. The van der Waals surface area contributed by atoms with E-state index in [9.17, 15) is 9.59 Å². The summed E-state index contributed by atoms with van der Waals surface area (Å²) in [4.78, 5) is 23.9. The number of urea groups is 1. The van der Waals surface area contributed by atoms with E-state index >= 15 is 0 Å². The summed E-state index contributed by atoms with van der Waals surface area (Å²) in [6, 6.07) is -0.0934. The molecule has 0 aromatic rings. The van der Waals surface area contributed by atoms with Gasteiger partial charge in [0, 0.05) is 26.2 Å². The summed E-state index contributed by atoms with van der Waals surface area (Å²) >= 11 is 0. The second-order valence-electron chi connectivity index (χ2n) is 4.36. The Morgan fingerprint density at radius 3 is 2.28 bits per heavy atom. The number of nitrogens with one attached hydrogen (secondary N) is 2. The highest BCUT2D eigenvalue weighted by molar-refractivity contribution is 5.74. The fourth-order valence-electron chi connectivity index (χ4n) is 1.13. The van der Waals surface area contributed by atoms with Crippen LogP contribution in [0, 0.1) is 0 Å². The molecule has 7 heteroatoms. The number of carbonyl (C=O) groups excluding carboxylic acids is 1. The molecule has 0 bridgehead atoms. The van der Waals surface area contributed by atoms with Crippen molar-refractivity contribution < 1.29 is 19.4 Å². The molecule has 0 aliphatic heterocycles. The highest BCUT2D eigenvalue weighted by Crippen LogP contribution is 1.95. The molecular weight excluding hydrogens is 238 g/mol. The number of carbonyl (C=O) groups is 2. The van der Waals surface area contributed by atoms with Crippen LogP contribution in [0.25, 0.3) is 0 Å². The van der Waals surface area contributed by atoms with E-state index in [1.54, 1.807) is 0 Å². The Morgan fingerprint density at radius 1 is 1.28 bits per heavy atom. The van der Waals surface area contributed by atoms with Gasteiger partial charge < -0.3 is 25.4 Å². The lowest BCUT2D eigenvalue weighted by Gasteiger charge is -2.20. The fraction of sp³-hybridized carbons (Fsp3) is 0.818. The van der Waals surface area contributed by atoms with Gasteiger partial charge >= 0.3 is 12.0 Å². The Balaban J connectivity index is 3.84. The van der Waals surface area contributed by atoms with E-state index < -0.39 is 12.1 Å². The number of carboxylic acid groups (broad SMARTS) is 1. The third-order valence-corrected chi connectivity index (χ3v) is 2.67. The lowest BCUT2D eigenvalue weighted by atomic mass is 10.2. The molecule has 2 unspecified atom stereocenters. The summed E-state index contributed by atoms with van der Waals surface area (Å²) in [6.45, 7) is 2.68. The molecule has 0 saturated heterocycles. The molecule has 2 atom stereocenters. The van der Waals surface area contributed by atoms with Crippen molar-refractivity contribution in [2.24, 2.45) is 0 Å². The van der Waals surface area contributed by atoms with Crippen LogP contribution < -0.4 is 10.6 Å². The molecule has 0 aromatic heterocycles. The van der Waals surface area contributed by atoms with Crippen LogP contribution in [-0.2, 0) is 9.53 Å². The molecule has 0 spiro atoms. The molecule has 0 aliphatic rings. The van der Waals surface area contributed by atoms with Crippen LogP contribution in [0.4, 0.5) is 4.79 Å². The zero-order valence-electron chi connectivity index (χ0n) is 11.4. The Morgan fingerprint density at radius 2 is 1.83 bits per heavy atom. The van der Waals surface area contributed by atoms with Crippen molar-refractivity contribution in [2.75, 3.05) is 34.3 Å². The number of hydrogen-bond donors (Lipinski definition) is 3. The van der Waals surface area contributed by atoms with Gasteiger partial charge in [0.05, 0.1) is 12.5 Å². The molecule has 106 valence electrons. The van der Waals surface area contributed by atoms with Crippen LogP contribution >= 0.6 is 0 Å². The topological polar surface area (TPSA) is 90.9 Å². The van der Waals surface area contributed by atoms with E-state index in [4.69, 9.17) is 9.84 Å². The van der Waals surface area contributed by atoms with Crippen LogP contribution in [0.2, 0.25) is 0 Å². The highest BCUT2D eigenvalue weighted by atomic mass is 16.5. The normalized spacial score (nSPS) is 14.1. The van der Waals surface area contributed by atoms with Gasteiger partial charge in [-0.15, -0.1) is 0 Å². The zero-order valence-corrected chi connectivity index (χ0v) is 11.4. The number of amides is 2. The van der Waals surface area contributed by atoms with Gasteiger partial charge in [0.1, 0.15) is 0 Å². The average molecular weight is 261 g/mol. The molecule has 0 rings (SSSR count). The van der Waals surface area contributed by atoms with Crippen molar-refractivity contribution in [3.8, 4) is 0 Å². The smallest absolute Gasteiger partial charge is 0.314 e. The maximum Gasteiger partial charge on any atom is 0.314 e. The van der Waals surface area contributed by atoms with Gasteiger partial charge in [-0.3, -0.25) is 4.79 Å². The van der Waals surface area contributed by atoms with Crippen LogP contribution in [0.15, 0.2) is 0 Å². The van der Waals surface area contributed by atoms with Crippen molar-refractivity contribution in [3.63, 3.8) is 0 Å². The van der Waals surface area contributed by atoms with Crippen LogP contribution in [0.5, 0.6) is 0 Å². The minimum atomic E-state index is -0.953. The first-order chi connectivity index (χ1) is 8.36. The van der Waals surface area contributed by atoms with E-state index in [0.717, 1.165) is 0 Å². The van der Waals surface area contributed by atoms with Gasteiger partial charge in [-0.05, 0) is 21.0 Å². The number of rotatable bonds is 8. The number of carboxylic acids is 1. The molecule has 18 heavy (non-hydrogen) atoms. The van der Waals surface area contributed by atoms with Crippen molar-refractivity contribution in [3.05, 3.63) is 0 Å². The summed E-state index contributed by atoms with van der Waals surface area (Å²) in [7, 11) is 5.28. The van der Waals surface area contributed by atoms with E-state index in [0.29, 0.717) is 6.54 Å². The predicted molar refractivity (Wildman–Crippen MR) is 67.6 cm³/mol. The number of ether oxygens (including phenoxy) is 1. The second kappa shape index (κ2) is 8.71. The van der Waals surface area contributed by atoms with Gasteiger partial charge in [0.2, 0.25) is 0 Å². The van der Waals surface area contributed by atoms with Gasteiger partial charge in [-0.1, -0.05) is 0 Å². The lowest BCUT2D eigenvalue weighted by Crippen LogP contribution is -2.45. The predicted octanol–water partition coefficient (Wildman–Crippen LogP) is -0.275. The minimum absolute atomic E-state index is 0.134. The molecule has 0 heterocycles. The van der Waals surface area contributed by atoms with E-state index in [2.05, 4.69) is 10.6 Å². The average Bonchev–Trinajstić information content (AvgIpc) is 2.30. The Bertz CT molecular complexity index is 271. The summed E-state index contributed by atoms with van der Waals surface area (Å²) in [5.41, 5.74) is 0. The number of methoxy groups -OCH3 is 1. The maximum atomic E-state index is 11.4. The second-order valence-corrected chi connectivity index (χ2v) is 4.36. The SMILES string of the molecule is COC(CNC(=O)NCC(C)N(C)C)CC(=O)O. The molecular formula is C11H23N3O4. The first-order valence-corrected chi connectivity index (χ1v) is 5.79. The third kappa shape index (κ3) is 7.86. The number of aliphatic carboxylic acids is 1. The quantitative estimate of drug-likeness (QED) is 0.559. The molecule has 0 saturated carbocycles. The van der Waals surface area contributed by atoms with Gasteiger partial charge in [-0.2, -0.15) is 0 Å². The van der Waals surface area contributed by atoms with E-state index in [1.807, 2.05) is 25.9 Å². The number of likely N-dealkylation sites (N-methyl/N-ethyl adjacent to an activating group) is 1. The Labute approximate surface area is 107 Å². The molecule has 0 fully saturated rings. The van der Waals surface area contributed by atoms with Crippen molar-refractivity contribution in [2.45, 2.75) is 25.5 Å². The van der Waals surface area contributed by atoms with Gasteiger partial charge in [-0.25, -0.2) is 4.79 Å². The summed E-state index contributed by atoms with van der Waals surface area (Å²) in [5.74, 6) is -0.953. The Hall–Kier alpha value is -1.34. The highest BCUT2D eigenvalue weighted by Gasteiger charge is 2.13. The van der Waals surface area contributed by atoms with Gasteiger partial charge in [0.15, 0.2) is 0 Å². The van der Waals surface area contributed by atoms with Crippen molar-refractivity contribution in [1.29, 1.82) is 0 Å². The lowest BCUT2D eigenvalue weighted by molar-refractivity contribution is -0.139. The fourth-order valence-corrected chi connectivity index (χ4v) is 1.13. The van der Waals surface area contributed by atoms with Crippen LogP contribution in [-0.4, -0.2) is 68.4 Å². The maximum absolute atomic E-state index is 11.4. The van der Waals surface area contributed by atoms with Gasteiger partial charge in [0.25, 0.3) is 0 Å². The molecule has 0 radical (unpaired) electrons. The standard InChI is InChI=1S/C11H23N3O4/c1-8(14(2)3)6-12-11(17)13-7-9(18-4)5-10(15)16/h8-9H,5-7H2,1-4H3,(H,15,16)(H2,12,13,17). The first kappa shape index (κ1) is 16.7.